The van der Waals surface area contributed by atoms with E-state index in [2.05, 4.69) is 21.1 Å². The summed E-state index contributed by atoms with van der Waals surface area (Å²) in [4.78, 5) is 17.7. The highest BCUT2D eigenvalue weighted by atomic mass is 16.5. The second-order valence-electron chi connectivity index (χ2n) is 7.29. The lowest BCUT2D eigenvalue weighted by molar-refractivity contribution is -0.149. The fourth-order valence-electron chi connectivity index (χ4n) is 4.52. The van der Waals surface area contributed by atoms with Gasteiger partial charge in [0.1, 0.15) is 0 Å². The molecule has 6 heteroatoms. The Labute approximate surface area is 137 Å². The monoisotopic (exact) mass is 318 g/mol. The van der Waals surface area contributed by atoms with E-state index in [-0.39, 0.29) is 11.5 Å². The molecule has 6 nitrogen and oxygen atoms in total. The Bertz CT molecular complexity index is 581. The standard InChI is InChI=1S/C17H26N4O2/c1-19-11-14(10-18-19)12-20-8-4-15-17(13-20,5-9-23-15)16(22)21-6-2-3-7-21/h10-11,15H,2-9,12-13H2,1H3/t15-,17-/m1/s1. The van der Waals surface area contributed by atoms with Crippen LogP contribution in [0.2, 0.25) is 0 Å². The van der Waals surface area contributed by atoms with Gasteiger partial charge in [0.2, 0.25) is 5.91 Å². The number of carbonyl (C=O) groups excluding carboxylic acids is 1. The molecule has 126 valence electrons. The SMILES string of the molecule is Cn1cc(CN2CC[C@H]3OCC[C@@]3(C(=O)N3CCCC3)C2)cn1. The molecule has 0 radical (unpaired) electrons. The zero-order chi connectivity index (χ0) is 15.9. The predicted molar refractivity (Wildman–Crippen MR) is 85.7 cm³/mol. The quantitative estimate of drug-likeness (QED) is 0.835. The van der Waals surface area contributed by atoms with Crippen LogP contribution in [0.1, 0.15) is 31.2 Å². The van der Waals surface area contributed by atoms with Crippen LogP contribution >= 0.6 is 0 Å². The van der Waals surface area contributed by atoms with Crippen LogP contribution in [-0.2, 0) is 23.1 Å². The van der Waals surface area contributed by atoms with E-state index in [0.29, 0.717) is 5.91 Å². The van der Waals surface area contributed by atoms with E-state index in [9.17, 15) is 4.79 Å². The lowest BCUT2D eigenvalue weighted by Crippen LogP contribution is -2.57. The first-order valence-corrected chi connectivity index (χ1v) is 8.78. The van der Waals surface area contributed by atoms with E-state index in [1.54, 1.807) is 0 Å². The minimum Gasteiger partial charge on any atom is -0.377 e. The average Bonchev–Trinajstić information content (AvgIpc) is 3.27. The van der Waals surface area contributed by atoms with Gasteiger partial charge in [-0.2, -0.15) is 5.10 Å². The number of likely N-dealkylation sites (tertiary alicyclic amines) is 2. The summed E-state index contributed by atoms with van der Waals surface area (Å²) >= 11 is 0. The zero-order valence-electron chi connectivity index (χ0n) is 13.9. The Balaban J connectivity index is 1.52. The van der Waals surface area contributed by atoms with E-state index in [0.717, 1.165) is 65.0 Å². The number of ether oxygens (including phenoxy) is 1. The number of rotatable bonds is 3. The van der Waals surface area contributed by atoms with E-state index in [1.165, 1.54) is 5.56 Å². The Kier molecular flexibility index (Phi) is 3.89. The molecule has 3 fully saturated rings. The Morgan fingerprint density at radius 2 is 2.22 bits per heavy atom. The molecular formula is C17H26N4O2. The van der Waals surface area contributed by atoms with Crippen molar-refractivity contribution in [2.24, 2.45) is 12.5 Å². The van der Waals surface area contributed by atoms with Crippen molar-refractivity contribution < 1.29 is 9.53 Å². The van der Waals surface area contributed by atoms with Gasteiger partial charge in [0.05, 0.1) is 17.7 Å². The maximum Gasteiger partial charge on any atom is 0.232 e. The summed E-state index contributed by atoms with van der Waals surface area (Å²) in [7, 11) is 1.94. The van der Waals surface area contributed by atoms with Crippen molar-refractivity contribution >= 4 is 5.91 Å². The Morgan fingerprint density at radius 1 is 1.39 bits per heavy atom. The van der Waals surface area contributed by atoms with Crippen molar-refractivity contribution in [1.82, 2.24) is 19.6 Å². The van der Waals surface area contributed by atoms with Crippen molar-refractivity contribution in [2.45, 2.75) is 38.3 Å². The first-order chi connectivity index (χ1) is 11.2. The molecule has 0 saturated carbocycles. The number of carbonyl (C=O) groups is 1. The zero-order valence-corrected chi connectivity index (χ0v) is 13.9. The molecule has 3 saturated heterocycles. The molecule has 1 aromatic rings. The van der Waals surface area contributed by atoms with E-state index in [1.807, 2.05) is 17.9 Å². The van der Waals surface area contributed by atoms with Gasteiger partial charge in [-0.3, -0.25) is 14.4 Å². The van der Waals surface area contributed by atoms with Crippen LogP contribution in [0.5, 0.6) is 0 Å². The summed E-state index contributed by atoms with van der Waals surface area (Å²) in [6, 6.07) is 0. The molecule has 0 unspecified atom stereocenters. The number of nitrogens with zero attached hydrogens (tertiary/aromatic N) is 4. The van der Waals surface area contributed by atoms with Crippen molar-refractivity contribution in [1.29, 1.82) is 0 Å². The minimum absolute atomic E-state index is 0.112. The number of aromatic nitrogens is 2. The van der Waals surface area contributed by atoms with Gasteiger partial charge in [0.25, 0.3) is 0 Å². The molecule has 0 spiro atoms. The van der Waals surface area contributed by atoms with Crippen molar-refractivity contribution in [3.63, 3.8) is 0 Å². The number of amides is 1. The molecule has 0 bridgehead atoms. The van der Waals surface area contributed by atoms with Crippen molar-refractivity contribution in [3.8, 4) is 0 Å². The summed E-state index contributed by atoms with van der Waals surface area (Å²) in [6.07, 6.45) is 8.22. The fourth-order valence-corrected chi connectivity index (χ4v) is 4.52. The van der Waals surface area contributed by atoms with Gasteiger partial charge in [0, 0.05) is 58.1 Å². The lowest BCUT2D eigenvalue weighted by Gasteiger charge is -2.44. The first kappa shape index (κ1) is 15.1. The van der Waals surface area contributed by atoms with Gasteiger partial charge in [0.15, 0.2) is 0 Å². The highest BCUT2D eigenvalue weighted by Crippen LogP contribution is 2.43. The third-order valence-electron chi connectivity index (χ3n) is 5.68. The van der Waals surface area contributed by atoms with Crippen LogP contribution < -0.4 is 0 Å². The van der Waals surface area contributed by atoms with E-state index < -0.39 is 0 Å². The van der Waals surface area contributed by atoms with Gasteiger partial charge >= 0.3 is 0 Å². The molecule has 4 rings (SSSR count). The van der Waals surface area contributed by atoms with Crippen LogP contribution in [-0.4, -0.2) is 64.4 Å². The van der Waals surface area contributed by atoms with Crippen LogP contribution in [0.15, 0.2) is 12.4 Å². The third-order valence-corrected chi connectivity index (χ3v) is 5.68. The molecular weight excluding hydrogens is 292 g/mol. The first-order valence-electron chi connectivity index (χ1n) is 8.78. The largest absolute Gasteiger partial charge is 0.377 e. The third kappa shape index (κ3) is 2.68. The topological polar surface area (TPSA) is 50.6 Å². The predicted octanol–water partition coefficient (Wildman–Crippen LogP) is 1.02. The molecule has 3 aliphatic heterocycles. The summed E-state index contributed by atoms with van der Waals surface area (Å²) < 4.78 is 7.79. The molecule has 4 heterocycles. The summed E-state index contributed by atoms with van der Waals surface area (Å²) in [5, 5.41) is 4.25. The maximum absolute atomic E-state index is 13.2. The molecule has 3 aliphatic rings. The fraction of sp³-hybridized carbons (Fsp3) is 0.765. The average molecular weight is 318 g/mol. The maximum atomic E-state index is 13.2. The normalized spacial score (nSPS) is 31.5. The number of hydrogen-bond donors (Lipinski definition) is 0. The number of fused-ring (bicyclic) bond motifs is 1. The van der Waals surface area contributed by atoms with Crippen LogP contribution in [0.25, 0.3) is 0 Å². The smallest absolute Gasteiger partial charge is 0.232 e. The van der Waals surface area contributed by atoms with Crippen molar-refractivity contribution in [3.05, 3.63) is 18.0 Å². The highest BCUT2D eigenvalue weighted by molar-refractivity contribution is 5.84. The molecule has 1 amide bonds. The van der Waals surface area contributed by atoms with Crippen LogP contribution in [0.4, 0.5) is 0 Å². The second-order valence-corrected chi connectivity index (χ2v) is 7.29. The van der Waals surface area contributed by atoms with Gasteiger partial charge in [-0.1, -0.05) is 0 Å². The summed E-state index contributed by atoms with van der Waals surface area (Å²) in [6.45, 7) is 5.27. The lowest BCUT2D eigenvalue weighted by atomic mass is 9.75. The summed E-state index contributed by atoms with van der Waals surface area (Å²) in [5.74, 6) is 0.341. The van der Waals surface area contributed by atoms with Gasteiger partial charge < -0.3 is 9.64 Å². The Hall–Kier alpha value is -1.40. The molecule has 23 heavy (non-hydrogen) atoms. The van der Waals surface area contributed by atoms with Crippen LogP contribution in [0.3, 0.4) is 0 Å². The van der Waals surface area contributed by atoms with Crippen molar-refractivity contribution in [2.75, 3.05) is 32.8 Å². The minimum atomic E-state index is -0.315. The van der Waals surface area contributed by atoms with E-state index >= 15 is 0 Å². The highest BCUT2D eigenvalue weighted by Gasteiger charge is 2.54. The molecule has 0 N–H and O–H groups in total. The Morgan fingerprint density at radius 3 is 2.96 bits per heavy atom. The van der Waals surface area contributed by atoms with Gasteiger partial charge in [-0.05, 0) is 25.7 Å². The van der Waals surface area contributed by atoms with Crippen LogP contribution in [0, 0.1) is 5.41 Å². The van der Waals surface area contributed by atoms with E-state index in [4.69, 9.17) is 4.74 Å². The summed E-state index contributed by atoms with van der Waals surface area (Å²) in [5.41, 5.74) is 0.902. The molecule has 0 aromatic carbocycles. The molecule has 1 aromatic heterocycles. The second kappa shape index (κ2) is 5.91. The van der Waals surface area contributed by atoms with Gasteiger partial charge in [-0.25, -0.2) is 0 Å². The number of piperidine rings is 1. The molecule has 0 aliphatic carbocycles. The molecule has 2 atom stereocenters. The van der Waals surface area contributed by atoms with Gasteiger partial charge in [-0.15, -0.1) is 0 Å². The number of hydrogen-bond acceptors (Lipinski definition) is 4. The number of aryl methyl sites for hydroxylation is 1.